The second-order valence-electron chi connectivity index (χ2n) is 2.59. The maximum atomic E-state index is 4.09. The van der Waals surface area contributed by atoms with Crippen LogP contribution in [-0.2, 0) is 6.54 Å². The molecule has 0 bridgehead atoms. The van der Waals surface area contributed by atoms with Crippen molar-refractivity contribution in [3.63, 3.8) is 0 Å². The Morgan fingerprint density at radius 1 is 1.62 bits per heavy atom. The molecular weight excluding hydrogens is 186 g/mol. The smallest absolute Gasteiger partial charge is 0.205 e. The Kier molecular flexibility index (Phi) is 2.22. The largest absolute Gasteiger partial charge is 0.354 e. The molecule has 0 fully saturated rings. The van der Waals surface area contributed by atoms with Gasteiger partial charge in [0, 0.05) is 0 Å². The average molecular weight is 195 g/mol. The summed E-state index contributed by atoms with van der Waals surface area (Å²) in [7, 11) is 0. The van der Waals surface area contributed by atoms with Crippen molar-refractivity contribution in [1.82, 2.24) is 20.2 Å². The van der Waals surface area contributed by atoms with Crippen molar-refractivity contribution in [3.8, 4) is 0 Å². The molecule has 5 nitrogen and oxygen atoms in total. The lowest BCUT2D eigenvalue weighted by atomic mass is 10.5. The van der Waals surface area contributed by atoms with Crippen LogP contribution in [0.25, 0.3) is 0 Å². The molecule has 2 aromatic heterocycles. The van der Waals surface area contributed by atoms with E-state index in [2.05, 4.69) is 25.5 Å². The van der Waals surface area contributed by atoms with Crippen molar-refractivity contribution >= 4 is 16.5 Å². The van der Waals surface area contributed by atoms with E-state index in [4.69, 9.17) is 0 Å². The molecule has 0 aliphatic carbocycles. The first kappa shape index (κ1) is 8.18. The van der Waals surface area contributed by atoms with E-state index in [9.17, 15) is 0 Å². The summed E-state index contributed by atoms with van der Waals surface area (Å²) in [6.07, 6.45) is 1.81. The zero-order valence-corrected chi connectivity index (χ0v) is 7.93. The van der Waals surface area contributed by atoms with Crippen LogP contribution in [0.4, 0.5) is 5.13 Å². The number of imidazole rings is 1. The summed E-state index contributed by atoms with van der Waals surface area (Å²) in [4.78, 5) is 7.21. The first-order valence-corrected chi connectivity index (χ1v) is 4.73. The average Bonchev–Trinajstić information content (AvgIpc) is 2.71. The Morgan fingerprint density at radius 2 is 2.54 bits per heavy atom. The summed E-state index contributed by atoms with van der Waals surface area (Å²) >= 11 is 1.48. The van der Waals surface area contributed by atoms with Gasteiger partial charge in [-0.1, -0.05) is 11.3 Å². The molecule has 0 atom stereocenters. The highest BCUT2D eigenvalue weighted by Crippen LogP contribution is 2.09. The molecule has 0 aliphatic rings. The summed E-state index contributed by atoms with van der Waals surface area (Å²) in [6, 6.07) is 0. The Morgan fingerprint density at radius 3 is 3.15 bits per heavy atom. The number of aryl methyl sites for hydroxylation is 1. The maximum absolute atomic E-state index is 4.09. The third-order valence-electron chi connectivity index (χ3n) is 1.55. The van der Waals surface area contributed by atoms with Crippen LogP contribution in [0.5, 0.6) is 0 Å². The quantitative estimate of drug-likeness (QED) is 0.771. The molecular formula is C7H9N5S. The summed E-state index contributed by atoms with van der Waals surface area (Å²) in [6.45, 7) is 2.63. The molecule has 2 aromatic rings. The number of aromatic nitrogens is 4. The lowest BCUT2D eigenvalue weighted by molar-refractivity contribution is 1.02. The Labute approximate surface area is 79.2 Å². The van der Waals surface area contributed by atoms with E-state index in [1.165, 1.54) is 11.3 Å². The molecule has 68 valence electrons. The number of aromatic amines is 1. The highest BCUT2D eigenvalue weighted by Gasteiger charge is 1.98. The molecule has 13 heavy (non-hydrogen) atoms. The van der Waals surface area contributed by atoms with Crippen LogP contribution in [-0.4, -0.2) is 20.2 Å². The van der Waals surface area contributed by atoms with E-state index in [-0.39, 0.29) is 0 Å². The van der Waals surface area contributed by atoms with E-state index >= 15 is 0 Å². The van der Waals surface area contributed by atoms with Crippen molar-refractivity contribution in [2.45, 2.75) is 13.5 Å². The van der Waals surface area contributed by atoms with E-state index in [1.54, 1.807) is 5.51 Å². The van der Waals surface area contributed by atoms with Crippen LogP contribution in [0.15, 0.2) is 11.7 Å². The minimum atomic E-state index is 0.704. The van der Waals surface area contributed by atoms with Crippen LogP contribution in [0.2, 0.25) is 0 Å². The summed E-state index contributed by atoms with van der Waals surface area (Å²) in [5, 5.41) is 11.5. The van der Waals surface area contributed by atoms with E-state index in [0.29, 0.717) is 6.54 Å². The molecule has 0 unspecified atom stereocenters. The summed E-state index contributed by atoms with van der Waals surface area (Å²) < 4.78 is 0. The number of nitrogens with zero attached hydrogens (tertiary/aromatic N) is 3. The third kappa shape index (κ3) is 2.03. The van der Waals surface area contributed by atoms with Crippen LogP contribution in [0, 0.1) is 6.92 Å². The zero-order chi connectivity index (χ0) is 9.10. The van der Waals surface area contributed by atoms with Crippen molar-refractivity contribution in [1.29, 1.82) is 0 Å². The van der Waals surface area contributed by atoms with Gasteiger partial charge in [0.1, 0.15) is 11.3 Å². The number of hydrogen-bond donors (Lipinski definition) is 2. The van der Waals surface area contributed by atoms with E-state index in [0.717, 1.165) is 16.6 Å². The van der Waals surface area contributed by atoms with E-state index in [1.807, 2.05) is 13.1 Å². The van der Waals surface area contributed by atoms with Gasteiger partial charge in [0.2, 0.25) is 5.13 Å². The molecule has 0 spiro atoms. The monoisotopic (exact) mass is 195 g/mol. The topological polar surface area (TPSA) is 66.5 Å². The van der Waals surface area contributed by atoms with Gasteiger partial charge in [-0.25, -0.2) is 4.98 Å². The van der Waals surface area contributed by atoms with Crippen molar-refractivity contribution < 1.29 is 0 Å². The van der Waals surface area contributed by atoms with Gasteiger partial charge in [-0.2, -0.15) is 0 Å². The van der Waals surface area contributed by atoms with Crippen LogP contribution < -0.4 is 5.32 Å². The highest BCUT2D eigenvalue weighted by molar-refractivity contribution is 7.13. The number of anilines is 1. The van der Waals surface area contributed by atoms with Crippen molar-refractivity contribution in [2.75, 3.05) is 5.32 Å². The van der Waals surface area contributed by atoms with Gasteiger partial charge in [0.15, 0.2) is 0 Å². The third-order valence-corrected chi connectivity index (χ3v) is 2.19. The predicted octanol–water partition coefficient (Wildman–Crippen LogP) is 1.18. The predicted molar refractivity (Wildman–Crippen MR) is 50.6 cm³/mol. The first-order chi connectivity index (χ1) is 6.34. The molecule has 0 aromatic carbocycles. The summed E-state index contributed by atoms with van der Waals surface area (Å²) in [5.74, 6) is 0.925. The fourth-order valence-electron chi connectivity index (χ4n) is 0.982. The molecule has 0 saturated carbocycles. The standard InChI is InChI=1S/C7H9N5S/c1-5-8-2-6(11-5)3-9-7-12-10-4-13-7/h2,4H,3H2,1H3,(H,8,11)(H,9,12). The second kappa shape index (κ2) is 3.53. The molecule has 2 heterocycles. The Hall–Kier alpha value is -1.43. The molecule has 0 amide bonds. The van der Waals surface area contributed by atoms with Gasteiger partial charge in [-0.15, -0.1) is 10.2 Å². The van der Waals surface area contributed by atoms with Crippen LogP contribution in [0.3, 0.4) is 0 Å². The zero-order valence-electron chi connectivity index (χ0n) is 7.11. The minimum absolute atomic E-state index is 0.704. The van der Waals surface area contributed by atoms with Crippen molar-refractivity contribution in [3.05, 3.63) is 23.2 Å². The van der Waals surface area contributed by atoms with Gasteiger partial charge in [-0.05, 0) is 6.92 Å². The fourth-order valence-corrected chi connectivity index (χ4v) is 1.43. The maximum Gasteiger partial charge on any atom is 0.205 e. The van der Waals surface area contributed by atoms with Crippen LogP contribution >= 0.6 is 11.3 Å². The first-order valence-electron chi connectivity index (χ1n) is 3.85. The molecule has 2 N–H and O–H groups in total. The highest BCUT2D eigenvalue weighted by atomic mass is 32.1. The Bertz CT molecular complexity index is 366. The fraction of sp³-hybridized carbons (Fsp3) is 0.286. The number of hydrogen-bond acceptors (Lipinski definition) is 5. The second-order valence-corrected chi connectivity index (χ2v) is 3.42. The van der Waals surface area contributed by atoms with Gasteiger partial charge in [0.25, 0.3) is 0 Å². The number of nitrogens with one attached hydrogen (secondary N) is 2. The van der Waals surface area contributed by atoms with Crippen molar-refractivity contribution in [2.24, 2.45) is 0 Å². The minimum Gasteiger partial charge on any atom is -0.354 e. The normalized spacial score (nSPS) is 10.2. The number of H-pyrrole nitrogens is 1. The lowest BCUT2D eigenvalue weighted by Gasteiger charge is -1.97. The summed E-state index contributed by atoms with van der Waals surface area (Å²) in [5.41, 5.74) is 2.74. The van der Waals surface area contributed by atoms with Crippen LogP contribution in [0.1, 0.15) is 11.5 Å². The Balaban J connectivity index is 1.93. The lowest BCUT2D eigenvalue weighted by Crippen LogP contribution is -1.99. The van der Waals surface area contributed by atoms with Gasteiger partial charge in [0.05, 0.1) is 18.4 Å². The van der Waals surface area contributed by atoms with Gasteiger partial charge < -0.3 is 10.3 Å². The number of rotatable bonds is 3. The molecule has 0 radical (unpaired) electrons. The molecule has 2 rings (SSSR count). The molecule has 0 aliphatic heterocycles. The molecule has 6 heteroatoms. The van der Waals surface area contributed by atoms with Gasteiger partial charge >= 0.3 is 0 Å². The SMILES string of the molecule is Cc1ncc(CNc2nncs2)[nH]1. The molecule has 0 saturated heterocycles. The van der Waals surface area contributed by atoms with E-state index < -0.39 is 0 Å². The van der Waals surface area contributed by atoms with Gasteiger partial charge in [-0.3, -0.25) is 0 Å².